The van der Waals surface area contributed by atoms with Crippen LogP contribution in [0.3, 0.4) is 0 Å². The van der Waals surface area contributed by atoms with E-state index in [1.165, 1.54) is 35.0 Å². The van der Waals surface area contributed by atoms with Crippen molar-refractivity contribution in [2.75, 3.05) is 18.6 Å². The number of nitrogens with zero attached hydrogens (tertiary/aromatic N) is 4. The third-order valence-electron chi connectivity index (χ3n) is 7.80. The fourth-order valence-electron chi connectivity index (χ4n) is 5.76. The van der Waals surface area contributed by atoms with Gasteiger partial charge in [-0.25, -0.2) is 13.5 Å². The van der Waals surface area contributed by atoms with Gasteiger partial charge in [0, 0.05) is 28.4 Å². The molecule has 1 aromatic heterocycles. The lowest BCUT2D eigenvalue weighted by molar-refractivity contribution is -0.211. The van der Waals surface area contributed by atoms with E-state index in [-0.39, 0.29) is 21.3 Å². The van der Waals surface area contributed by atoms with Crippen LogP contribution in [-0.2, 0) is 14.3 Å². The highest BCUT2D eigenvalue weighted by molar-refractivity contribution is 6.35. The Hall–Kier alpha value is -2.71. The zero-order chi connectivity index (χ0) is 30.1. The molecule has 2 heterocycles. The van der Waals surface area contributed by atoms with Crippen molar-refractivity contribution >= 4 is 34.8 Å². The molecule has 14 heteroatoms. The molecule has 1 aliphatic heterocycles. The van der Waals surface area contributed by atoms with Gasteiger partial charge < -0.3 is 29.7 Å². The number of aliphatic hydroxyl groups excluding tert-OH is 3. The Labute approximate surface area is 250 Å². The maximum absolute atomic E-state index is 14.4. The smallest absolute Gasteiger partial charge is 0.259 e. The Bertz CT molecular complexity index is 1410. The van der Waals surface area contributed by atoms with E-state index in [0.717, 1.165) is 25.0 Å². The molecule has 42 heavy (non-hydrogen) atoms. The molecule has 2 fully saturated rings. The van der Waals surface area contributed by atoms with Gasteiger partial charge in [0.1, 0.15) is 30.0 Å². The van der Waals surface area contributed by atoms with Crippen LogP contribution in [0.5, 0.6) is 0 Å². The van der Waals surface area contributed by atoms with Crippen molar-refractivity contribution in [2.24, 2.45) is 0 Å². The Kier molecular flexibility index (Phi) is 9.43. The molecule has 2 aliphatic rings. The van der Waals surface area contributed by atoms with Crippen molar-refractivity contribution < 1.29 is 38.4 Å². The maximum Gasteiger partial charge on any atom is 0.259 e. The molecule has 1 amide bonds. The van der Waals surface area contributed by atoms with E-state index >= 15 is 0 Å². The highest BCUT2D eigenvalue weighted by Gasteiger charge is 2.52. The number of rotatable bonds is 7. The van der Waals surface area contributed by atoms with Gasteiger partial charge in [-0.3, -0.25) is 4.79 Å². The summed E-state index contributed by atoms with van der Waals surface area (Å²) in [6.07, 6.45) is -2.08. The lowest BCUT2D eigenvalue weighted by Crippen LogP contribution is -2.63. The normalized spacial score (nSPS) is 28.0. The lowest BCUT2D eigenvalue weighted by atomic mass is 9.88. The summed E-state index contributed by atoms with van der Waals surface area (Å²) in [6, 6.07) is 6.14. The number of hydrogen-bond acceptors (Lipinski definition) is 8. The predicted molar refractivity (Wildman–Crippen MR) is 149 cm³/mol. The number of carbonyl (C=O) groups excluding carboxylic acids is 1. The van der Waals surface area contributed by atoms with E-state index in [9.17, 15) is 28.9 Å². The molecule has 226 valence electrons. The second-order valence-electron chi connectivity index (χ2n) is 10.4. The zero-order valence-electron chi connectivity index (χ0n) is 22.5. The number of benzene rings is 2. The standard InChI is InChI=1S/C28H30Cl2F2N4O6/c1-41-26-24(35-12-20(33-34-35)14-6-7-18(31)19(32)8-14)25(39)23(13-37)42-27(26)28(40)36(21-4-2-3-5-22(21)38)17-10-15(29)9-16(30)11-17/h6-12,21-27,37-39H,2-5,13H2,1H3/t21-,22-,23?,24?,25?,26?,27?/m0/s1. The van der Waals surface area contributed by atoms with Gasteiger partial charge in [0.25, 0.3) is 5.91 Å². The zero-order valence-corrected chi connectivity index (χ0v) is 24.0. The van der Waals surface area contributed by atoms with E-state index in [2.05, 4.69) is 10.3 Å². The fraction of sp³-hybridized carbons (Fsp3) is 0.464. The number of anilines is 1. The summed E-state index contributed by atoms with van der Waals surface area (Å²) in [5.74, 6) is -2.70. The summed E-state index contributed by atoms with van der Waals surface area (Å²) in [4.78, 5) is 15.8. The number of halogens is 4. The van der Waals surface area contributed by atoms with E-state index in [1.54, 1.807) is 12.1 Å². The summed E-state index contributed by atoms with van der Waals surface area (Å²) in [5, 5.41) is 40.9. The molecule has 7 atom stereocenters. The Balaban J connectivity index is 1.54. The van der Waals surface area contributed by atoms with Gasteiger partial charge in [0.2, 0.25) is 0 Å². The second kappa shape index (κ2) is 12.9. The molecular formula is C28H30Cl2F2N4O6. The van der Waals surface area contributed by atoms with Gasteiger partial charge in [-0.1, -0.05) is 41.3 Å². The molecule has 1 saturated heterocycles. The van der Waals surface area contributed by atoms with Gasteiger partial charge in [-0.15, -0.1) is 5.10 Å². The van der Waals surface area contributed by atoms with Gasteiger partial charge in [0.05, 0.1) is 24.9 Å². The monoisotopic (exact) mass is 626 g/mol. The number of aliphatic hydroxyl groups is 3. The predicted octanol–water partition coefficient (Wildman–Crippen LogP) is 3.54. The molecule has 0 bridgehead atoms. The summed E-state index contributed by atoms with van der Waals surface area (Å²) in [7, 11) is 1.33. The van der Waals surface area contributed by atoms with Gasteiger partial charge in [0.15, 0.2) is 17.7 Å². The first kappa shape index (κ1) is 30.7. The average molecular weight is 627 g/mol. The largest absolute Gasteiger partial charge is 0.394 e. The molecule has 1 aliphatic carbocycles. The van der Waals surface area contributed by atoms with Crippen LogP contribution in [0.15, 0.2) is 42.6 Å². The summed E-state index contributed by atoms with van der Waals surface area (Å²) < 4.78 is 40.3. The van der Waals surface area contributed by atoms with Crippen LogP contribution in [0.4, 0.5) is 14.5 Å². The third kappa shape index (κ3) is 6.02. The van der Waals surface area contributed by atoms with E-state index in [1.807, 2.05) is 0 Å². The fourth-order valence-corrected chi connectivity index (χ4v) is 6.27. The first-order valence-electron chi connectivity index (χ1n) is 13.4. The highest BCUT2D eigenvalue weighted by Crippen LogP contribution is 2.37. The number of ether oxygens (including phenoxy) is 2. The van der Waals surface area contributed by atoms with E-state index < -0.39 is 66.8 Å². The minimum absolute atomic E-state index is 0.173. The third-order valence-corrected chi connectivity index (χ3v) is 8.24. The minimum Gasteiger partial charge on any atom is -0.394 e. The van der Waals surface area contributed by atoms with Gasteiger partial charge in [-0.05, 0) is 49.2 Å². The van der Waals surface area contributed by atoms with Crippen molar-refractivity contribution in [1.29, 1.82) is 0 Å². The quantitative estimate of drug-likeness (QED) is 0.363. The topological polar surface area (TPSA) is 130 Å². The van der Waals surface area contributed by atoms with Crippen LogP contribution in [0, 0.1) is 11.6 Å². The van der Waals surface area contributed by atoms with Crippen molar-refractivity contribution in [2.45, 2.75) is 68.3 Å². The van der Waals surface area contributed by atoms with Gasteiger partial charge >= 0.3 is 0 Å². The average Bonchev–Trinajstić information content (AvgIpc) is 3.44. The highest BCUT2D eigenvalue weighted by atomic mass is 35.5. The number of aromatic nitrogens is 3. The molecule has 10 nitrogen and oxygen atoms in total. The summed E-state index contributed by atoms with van der Waals surface area (Å²) >= 11 is 12.6. The Morgan fingerprint density at radius 1 is 1.12 bits per heavy atom. The number of carbonyl (C=O) groups is 1. The molecule has 0 spiro atoms. The van der Waals surface area contributed by atoms with Gasteiger partial charge in [-0.2, -0.15) is 0 Å². The molecule has 3 N–H and O–H groups in total. The Morgan fingerprint density at radius 2 is 1.83 bits per heavy atom. The molecule has 5 unspecified atom stereocenters. The molecular weight excluding hydrogens is 597 g/mol. The molecule has 2 aromatic carbocycles. The van der Waals surface area contributed by atoms with Crippen LogP contribution in [0.2, 0.25) is 10.0 Å². The number of hydrogen-bond donors (Lipinski definition) is 3. The maximum atomic E-state index is 14.4. The SMILES string of the molecule is COC1C(C(=O)N(c2cc(Cl)cc(Cl)c2)[C@H]2CCCC[C@@H]2O)OC(CO)C(O)C1n1cc(-c2ccc(F)c(F)c2)nn1. The van der Waals surface area contributed by atoms with Crippen LogP contribution in [0.1, 0.15) is 31.7 Å². The van der Waals surface area contributed by atoms with Crippen molar-refractivity contribution in [3.63, 3.8) is 0 Å². The van der Waals surface area contributed by atoms with Crippen LogP contribution in [-0.4, -0.2) is 86.5 Å². The van der Waals surface area contributed by atoms with Crippen LogP contribution < -0.4 is 4.90 Å². The summed E-state index contributed by atoms with van der Waals surface area (Å²) in [5.41, 5.74) is 0.746. The van der Waals surface area contributed by atoms with E-state index in [0.29, 0.717) is 18.5 Å². The number of methoxy groups -OCH3 is 1. The first-order chi connectivity index (χ1) is 20.1. The van der Waals surface area contributed by atoms with Crippen LogP contribution in [0.25, 0.3) is 11.3 Å². The van der Waals surface area contributed by atoms with E-state index in [4.69, 9.17) is 32.7 Å². The van der Waals surface area contributed by atoms with Crippen molar-refractivity contribution in [1.82, 2.24) is 15.0 Å². The minimum atomic E-state index is -1.40. The molecule has 3 aromatic rings. The molecule has 1 saturated carbocycles. The first-order valence-corrected chi connectivity index (χ1v) is 14.2. The Morgan fingerprint density at radius 3 is 2.48 bits per heavy atom. The van der Waals surface area contributed by atoms with Crippen molar-refractivity contribution in [3.8, 4) is 11.3 Å². The second-order valence-corrected chi connectivity index (χ2v) is 11.3. The summed E-state index contributed by atoms with van der Waals surface area (Å²) in [6.45, 7) is -0.641. The molecule has 5 rings (SSSR count). The van der Waals surface area contributed by atoms with Crippen molar-refractivity contribution in [3.05, 3.63) is 64.3 Å². The lowest BCUT2D eigenvalue weighted by Gasteiger charge is -2.46. The molecule has 0 radical (unpaired) electrons. The number of amides is 1. The van der Waals surface area contributed by atoms with Crippen LogP contribution >= 0.6 is 23.2 Å².